The lowest BCUT2D eigenvalue weighted by atomic mass is 10.0. The fraction of sp³-hybridized carbons (Fsp3) is 0.471. The number of nitrogens with one attached hydrogen (secondary N) is 1. The number of hydrogen-bond donors (Lipinski definition) is 2. The lowest BCUT2D eigenvalue weighted by Gasteiger charge is -2.34. The fourth-order valence-corrected chi connectivity index (χ4v) is 3.20. The molecule has 3 atom stereocenters. The SMILES string of the molecule is CN(C)[C@@H]1C[C@H]2C(=O)N[C@H](Cc3ccccc3)C(=O)N2C1.O=CO. The molecule has 130 valence electrons. The predicted molar refractivity (Wildman–Crippen MR) is 88.4 cm³/mol. The van der Waals surface area contributed by atoms with Crippen molar-refractivity contribution in [2.24, 2.45) is 0 Å². The van der Waals surface area contributed by atoms with E-state index in [2.05, 4.69) is 10.2 Å². The van der Waals surface area contributed by atoms with Crippen LogP contribution in [-0.2, 0) is 20.8 Å². The summed E-state index contributed by atoms with van der Waals surface area (Å²) in [6, 6.07) is 9.35. The lowest BCUT2D eigenvalue weighted by molar-refractivity contribution is -0.147. The molecule has 2 aliphatic rings. The van der Waals surface area contributed by atoms with Crippen LogP contribution in [0.15, 0.2) is 30.3 Å². The summed E-state index contributed by atoms with van der Waals surface area (Å²) < 4.78 is 0. The summed E-state index contributed by atoms with van der Waals surface area (Å²) in [5, 5.41) is 9.79. The molecule has 2 fully saturated rings. The Bertz CT molecular complexity index is 591. The third kappa shape index (κ3) is 3.91. The van der Waals surface area contributed by atoms with Crippen LogP contribution in [-0.4, -0.2) is 72.0 Å². The molecule has 2 aliphatic heterocycles. The lowest BCUT2D eigenvalue weighted by Crippen LogP contribution is -2.61. The van der Waals surface area contributed by atoms with E-state index in [0.29, 0.717) is 13.0 Å². The highest BCUT2D eigenvalue weighted by Crippen LogP contribution is 2.25. The molecule has 0 bridgehead atoms. The molecule has 1 aromatic carbocycles. The molecule has 2 saturated heterocycles. The zero-order chi connectivity index (χ0) is 17.7. The van der Waals surface area contributed by atoms with Gasteiger partial charge in [-0.15, -0.1) is 0 Å². The molecule has 2 heterocycles. The summed E-state index contributed by atoms with van der Waals surface area (Å²) in [6.45, 7) is 0.398. The first-order valence-corrected chi connectivity index (χ1v) is 7.87. The molecule has 0 aromatic heterocycles. The van der Waals surface area contributed by atoms with Crippen molar-refractivity contribution in [3.05, 3.63) is 35.9 Å². The van der Waals surface area contributed by atoms with Gasteiger partial charge < -0.3 is 20.2 Å². The minimum atomic E-state index is -0.433. The van der Waals surface area contributed by atoms with Crippen LogP contribution in [0.4, 0.5) is 0 Å². The van der Waals surface area contributed by atoms with Crippen LogP contribution in [0, 0.1) is 0 Å². The number of amides is 2. The second-order valence-electron chi connectivity index (χ2n) is 6.22. The Morgan fingerprint density at radius 3 is 2.50 bits per heavy atom. The van der Waals surface area contributed by atoms with Crippen molar-refractivity contribution >= 4 is 18.3 Å². The van der Waals surface area contributed by atoms with E-state index in [-0.39, 0.29) is 30.4 Å². The maximum atomic E-state index is 12.6. The third-order valence-electron chi connectivity index (χ3n) is 4.49. The molecule has 7 nitrogen and oxygen atoms in total. The Kier molecular flexibility index (Phi) is 5.92. The van der Waals surface area contributed by atoms with Crippen molar-refractivity contribution in [2.45, 2.75) is 31.0 Å². The Balaban J connectivity index is 0.000000647. The average molecular weight is 333 g/mol. The van der Waals surface area contributed by atoms with E-state index < -0.39 is 6.04 Å². The number of carbonyl (C=O) groups excluding carboxylic acids is 2. The number of hydrogen-bond acceptors (Lipinski definition) is 4. The second kappa shape index (κ2) is 7.92. The molecular formula is C17H23N3O4. The van der Waals surface area contributed by atoms with Gasteiger partial charge in [0.1, 0.15) is 12.1 Å². The Morgan fingerprint density at radius 2 is 1.92 bits per heavy atom. The van der Waals surface area contributed by atoms with E-state index in [1.807, 2.05) is 44.4 Å². The molecule has 24 heavy (non-hydrogen) atoms. The number of nitrogens with zero attached hydrogens (tertiary/aromatic N) is 2. The highest BCUT2D eigenvalue weighted by molar-refractivity contribution is 5.97. The van der Waals surface area contributed by atoms with Crippen LogP contribution < -0.4 is 5.32 Å². The first-order chi connectivity index (χ1) is 11.5. The van der Waals surface area contributed by atoms with E-state index in [0.717, 1.165) is 12.0 Å². The van der Waals surface area contributed by atoms with Gasteiger partial charge in [0.2, 0.25) is 11.8 Å². The zero-order valence-electron chi connectivity index (χ0n) is 13.9. The first-order valence-electron chi connectivity index (χ1n) is 7.87. The monoisotopic (exact) mass is 333 g/mol. The molecule has 7 heteroatoms. The summed E-state index contributed by atoms with van der Waals surface area (Å²) >= 11 is 0. The standard InChI is InChI=1S/C16H21N3O2.CH2O2/c1-18(2)12-9-14-15(20)17-13(16(21)19(14)10-12)8-11-6-4-3-5-7-11;2-1-3/h3-7,12-14H,8-10H2,1-2H3,(H,17,20);1H,(H,2,3)/t12-,13-,14+;/m1./s1. The summed E-state index contributed by atoms with van der Waals surface area (Å²) in [5.74, 6) is 0.0349. The van der Waals surface area contributed by atoms with Crippen molar-refractivity contribution in [3.63, 3.8) is 0 Å². The summed E-state index contributed by atoms with van der Waals surface area (Å²) in [7, 11) is 3.99. The van der Waals surface area contributed by atoms with Gasteiger partial charge in [0.05, 0.1) is 0 Å². The minimum Gasteiger partial charge on any atom is -0.483 e. The quantitative estimate of drug-likeness (QED) is 0.758. The Morgan fingerprint density at radius 1 is 1.29 bits per heavy atom. The van der Waals surface area contributed by atoms with Gasteiger partial charge in [-0.25, -0.2) is 0 Å². The third-order valence-corrected chi connectivity index (χ3v) is 4.49. The molecule has 0 spiro atoms. The topological polar surface area (TPSA) is 90.0 Å². The van der Waals surface area contributed by atoms with Crippen LogP contribution in [0.2, 0.25) is 0 Å². The van der Waals surface area contributed by atoms with Crippen LogP contribution in [0.3, 0.4) is 0 Å². The first kappa shape index (κ1) is 17.9. The molecule has 2 N–H and O–H groups in total. The van der Waals surface area contributed by atoms with E-state index in [1.165, 1.54) is 0 Å². The number of benzene rings is 1. The van der Waals surface area contributed by atoms with Gasteiger partial charge in [0.25, 0.3) is 6.47 Å². The Labute approximate surface area is 141 Å². The highest BCUT2D eigenvalue weighted by atomic mass is 16.3. The zero-order valence-corrected chi connectivity index (χ0v) is 13.9. The van der Waals surface area contributed by atoms with Gasteiger partial charge in [0, 0.05) is 19.0 Å². The summed E-state index contributed by atoms with van der Waals surface area (Å²) in [5.41, 5.74) is 1.07. The Hall–Kier alpha value is -2.41. The van der Waals surface area contributed by atoms with Gasteiger partial charge >= 0.3 is 0 Å². The summed E-state index contributed by atoms with van der Waals surface area (Å²) in [6.07, 6.45) is 1.28. The number of rotatable bonds is 3. The number of fused-ring (bicyclic) bond motifs is 1. The van der Waals surface area contributed by atoms with Gasteiger partial charge in [-0.05, 0) is 26.1 Å². The van der Waals surface area contributed by atoms with Crippen molar-refractivity contribution in [1.82, 2.24) is 15.1 Å². The van der Waals surface area contributed by atoms with Crippen LogP contribution >= 0.6 is 0 Å². The van der Waals surface area contributed by atoms with Crippen LogP contribution in [0.1, 0.15) is 12.0 Å². The van der Waals surface area contributed by atoms with E-state index in [4.69, 9.17) is 9.90 Å². The van der Waals surface area contributed by atoms with E-state index in [1.54, 1.807) is 4.90 Å². The van der Waals surface area contributed by atoms with Crippen molar-refractivity contribution in [1.29, 1.82) is 0 Å². The normalized spacial score (nSPS) is 25.6. The molecule has 0 radical (unpaired) electrons. The van der Waals surface area contributed by atoms with Gasteiger partial charge in [-0.3, -0.25) is 14.4 Å². The molecule has 0 aliphatic carbocycles. The van der Waals surface area contributed by atoms with E-state index in [9.17, 15) is 9.59 Å². The molecule has 0 saturated carbocycles. The number of piperazine rings is 1. The second-order valence-corrected chi connectivity index (χ2v) is 6.22. The maximum absolute atomic E-state index is 12.6. The van der Waals surface area contributed by atoms with E-state index >= 15 is 0 Å². The smallest absolute Gasteiger partial charge is 0.290 e. The average Bonchev–Trinajstić information content (AvgIpc) is 3.00. The van der Waals surface area contributed by atoms with Gasteiger partial charge in [-0.2, -0.15) is 0 Å². The van der Waals surface area contributed by atoms with Gasteiger partial charge in [0.15, 0.2) is 0 Å². The van der Waals surface area contributed by atoms with Gasteiger partial charge in [-0.1, -0.05) is 30.3 Å². The number of carboxylic acid groups (broad SMARTS) is 1. The molecule has 1 aromatic rings. The number of likely N-dealkylation sites (N-methyl/N-ethyl adjacent to an activating group) is 1. The largest absolute Gasteiger partial charge is 0.483 e. The van der Waals surface area contributed by atoms with Crippen LogP contribution in [0.25, 0.3) is 0 Å². The maximum Gasteiger partial charge on any atom is 0.290 e. The minimum absolute atomic E-state index is 0.0140. The molecule has 2 amide bonds. The fourth-order valence-electron chi connectivity index (χ4n) is 3.20. The predicted octanol–water partition coefficient (Wildman–Crippen LogP) is -0.0406. The number of carbonyl (C=O) groups is 3. The van der Waals surface area contributed by atoms with Crippen molar-refractivity contribution in [3.8, 4) is 0 Å². The molecule has 0 unspecified atom stereocenters. The van der Waals surface area contributed by atoms with Crippen molar-refractivity contribution in [2.75, 3.05) is 20.6 Å². The molecule has 3 rings (SSSR count). The van der Waals surface area contributed by atoms with Crippen LogP contribution in [0.5, 0.6) is 0 Å². The highest BCUT2D eigenvalue weighted by Gasteiger charge is 2.46. The van der Waals surface area contributed by atoms with Crippen molar-refractivity contribution < 1.29 is 19.5 Å². The molecular weight excluding hydrogens is 310 g/mol. The summed E-state index contributed by atoms with van der Waals surface area (Å²) in [4.78, 5) is 37.1.